The molecule has 4 rings (SSSR count). The van der Waals surface area contributed by atoms with E-state index in [1.165, 1.54) is 12.1 Å². The number of aryl methyl sites for hydroxylation is 1. The Kier molecular flexibility index (Phi) is 3.77. The van der Waals surface area contributed by atoms with E-state index in [4.69, 9.17) is 0 Å². The first-order chi connectivity index (χ1) is 12.6. The Morgan fingerprint density at radius 2 is 2.04 bits per heavy atom. The van der Waals surface area contributed by atoms with E-state index in [9.17, 15) is 10.1 Å². The average Bonchev–Trinajstić information content (AvgIpc) is 3.07. The lowest BCUT2D eigenvalue weighted by Gasteiger charge is -2.09. The van der Waals surface area contributed by atoms with Crippen LogP contribution in [0.25, 0.3) is 16.9 Å². The molecule has 1 aromatic carbocycles. The van der Waals surface area contributed by atoms with Crippen LogP contribution in [0.1, 0.15) is 5.56 Å². The molecule has 0 unspecified atom stereocenters. The molecule has 0 aliphatic carbocycles. The van der Waals surface area contributed by atoms with E-state index in [1.54, 1.807) is 18.5 Å². The van der Waals surface area contributed by atoms with Crippen molar-refractivity contribution in [3.63, 3.8) is 0 Å². The minimum atomic E-state index is -0.430. The van der Waals surface area contributed by atoms with Crippen LogP contribution in [0.5, 0.6) is 0 Å². The van der Waals surface area contributed by atoms with Gasteiger partial charge in [0, 0.05) is 36.1 Å². The Bertz CT molecular complexity index is 1110. The number of pyridine rings is 1. The van der Waals surface area contributed by atoms with Gasteiger partial charge in [0.25, 0.3) is 5.69 Å². The lowest BCUT2D eigenvalue weighted by atomic mass is 10.2. The fourth-order valence-electron chi connectivity index (χ4n) is 2.64. The normalized spacial score (nSPS) is 10.8. The van der Waals surface area contributed by atoms with Crippen LogP contribution < -0.4 is 5.32 Å². The molecule has 8 nitrogen and oxygen atoms in total. The molecule has 0 spiro atoms. The van der Waals surface area contributed by atoms with Crippen molar-refractivity contribution in [3.8, 4) is 5.82 Å². The predicted octanol–water partition coefficient (Wildman–Crippen LogP) is 3.78. The van der Waals surface area contributed by atoms with E-state index in [0.717, 1.165) is 16.8 Å². The van der Waals surface area contributed by atoms with E-state index in [1.807, 2.05) is 42.0 Å². The smallest absolute Gasteiger partial charge is 0.271 e. The summed E-state index contributed by atoms with van der Waals surface area (Å²) in [5, 5.41) is 14.9. The number of aromatic nitrogens is 4. The Hall–Kier alpha value is -3.81. The number of rotatable bonds is 4. The number of non-ortho nitro benzene ring substituents is 1. The van der Waals surface area contributed by atoms with Crippen molar-refractivity contribution in [1.29, 1.82) is 0 Å². The first-order valence-electron chi connectivity index (χ1n) is 7.89. The third-order valence-corrected chi connectivity index (χ3v) is 4.00. The average molecular weight is 346 g/mol. The molecule has 0 radical (unpaired) electrons. The zero-order chi connectivity index (χ0) is 18.1. The number of anilines is 2. The van der Waals surface area contributed by atoms with E-state index >= 15 is 0 Å². The van der Waals surface area contributed by atoms with Gasteiger partial charge in [-0.2, -0.15) is 4.98 Å². The topological polar surface area (TPSA) is 98.8 Å². The summed E-state index contributed by atoms with van der Waals surface area (Å²) in [7, 11) is 0. The zero-order valence-corrected chi connectivity index (χ0v) is 13.8. The molecule has 0 saturated heterocycles. The van der Waals surface area contributed by atoms with Crippen LogP contribution in [0.2, 0.25) is 0 Å². The van der Waals surface area contributed by atoms with Gasteiger partial charge < -0.3 is 5.32 Å². The van der Waals surface area contributed by atoms with Crippen LogP contribution in [0.3, 0.4) is 0 Å². The lowest BCUT2D eigenvalue weighted by molar-refractivity contribution is -0.384. The SMILES string of the molecule is Cc1ccc([N+](=O)[O-])cc1Nc1ncc2ccn(-c3ccccn3)c2n1. The largest absolute Gasteiger partial charge is 0.324 e. The fraction of sp³-hybridized carbons (Fsp3) is 0.0556. The third kappa shape index (κ3) is 2.84. The van der Waals surface area contributed by atoms with E-state index in [-0.39, 0.29) is 5.69 Å². The molecule has 3 aromatic heterocycles. The van der Waals surface area contributed by atoms with Crippen molar-refractivity contribution in [2.75, 3.05) is 5.32 Å². The number of nitro benzene ring substituents is 1. The predicted molar refractivity (Wildman–Crippen MR) is 97.8 cm³/mol. The van der Waals surface area contributed by atoms with Crippen LogP contribution in [0.15, 0.2) is 61.1 Å². The molecule has 0 fully saturated rings. The molecule has 0 aliphatic rings. The van der Waals surface area contributed by atoms with Crippen molar-refractivity contribution in [2.45, 2.75) is 6.92 Å². The van der Waals surface area contributed by atoms with Crippen molar-refractivity contribution in [2.24, 2.45) is 0 Å². The maximum absolute atomic E-state index is 11.0. The highest BCUT2D eigenvalue weighted by Crippen LogP contribution is 2.25. The van der Waals surface area contributed by atoms with Gasteiger partial charge in [-0.3, -0.25) is 14.7 Å². The van der Waals surface area contributed by atoms with E-state index in [2.05, 4.69) is 20.3 Å². The van der Waals surface area contributed by atoms with Gasteiger partial charge >= 0.3 is 0 Å². The van der Waals surface area contributed by atoms with Gasteiger partial charge in [-0.25, -0.2) is 9.97 Å². The Labute approximate surface area is 148 Å². The lowest BCUT2D eigenvalue weighted by Crippen LogP contribution is -2.02. The minimum absolute atomic E-state index is 0.0102. The highest BCUT2D eigenvalue weighted by Gasteiger charge is 2.11. The second-order valence-corrected chi connectivity index (χ2v) is 5.73. The molecule has 1 N–H and O–H groups in total. The maximum atomic E-state index is 11.0. The number of nitrogens with zero attached hydrogens (tertiary/aromatic N) is 5. The molecule has 0 aliphatic heterocycles. The first kappa shape index (κ1) is 15.7. The van der Waals surface area contributed by atoms with E-state index < -0.39 is 4.92 Å². The summed E-state index contributed by atoms with van der Waals surface area (Å²) in [6.07, 6.45) is 5.30. The van der Waals surface area contributed by atoms with Crippen LogP contribution in [-0.2, 0) is 0 Å². The van der Waals surface area contributed by atoms with Crippen LogP contribution in [-0.4, -0.2) is 24.4 Å². The number of fused-ring (bicyclic) bond motifs is 1. The molecular formula is C18H14N6O2. The second-order valence-electron chi connectivity index (χ2n) is 5.73. The summed E-state index contributed by atoms with van der Waals surface area (Å²) in [5.74, 6) is 1.11. The summed E-state index contributed by atoms with van der Waals surface area (Å²) >= 11 is 0. The number of hydrogen-bond acceptors (Lipinski definition) is 6. The molecule has 0 bridgehead atoms. The van der Waals surface area contributed by atoms with Gasteiger partial charge in [0.2, 0.25) is 5.95 Å². The highest BCUT2D eigenvalue weighted by atomic mass is 16.6. The van der Waals surface area contributed by atoms with Crippen molar-refractivity contribution in [1.82, 2.24) is 19.5 Å². The Balaban J connectivity index is 1.74. The third-order valence-electron chi connectivity index (χ3n) is 4.00. The zero-order valence-electron chi connectivity index (χ0n) is 13.8. The van der Waals surface area contributed by atoms with Gasteiger partial charge in [-0.1, -0.05) is 12.1 Å². The van der Waals surface area contributed by atoms with E-state index in [0.29, 0.717) is 17.3 Å². The summed E-state index contributed by atoms with van der Waals surface area (Å²) in [5.41, 5.74) is 2.16. The summed E-state index contributed by atoms with van der Waals surface area (Å²) in [6.45, 7) is 1.86. The van der Waals surface area contributed by atoms with Gasteiger partial charge in [-0.15, -0.1) is 0 Å². The van der Waals surface area contributed by atoms with Gasteiger partial charge in [0.15, 0.2) is 5.65 Å². The van der Waals surface area contributed by atoms with Crippen LogP contribution in [0, 0.1) is 17.0 Å². The number of hydrogen-bond donors (Lipinski definition) is 1. The summed E-state index contributed by atoms with van der Waals surface area (Å²) in [6, 6.07) is 12.2. The molecule has 8 heteroatoms. The maximum Gasteiger partial charge on any atom is 0.271 e. The first-order valence-corrected chi connectivity index (χ1v) is 7.89. The standard InChI is InChI=1S/C18H14N6O2/c1-12-5-6-14(24(25)26)10-15(12)21-18-20-11-13-7-9-23(17(13)22-18)16-4-2-3-8-19-16/h2-11H,1H3,(H,20,21,22). The number of nitro groups is 1. The fourth-order valence-corrected chi connectivity index (χ4v) is 2.64. The van der Waals surface area contributed by atoms with Crippen LogP contribution >= 0.6 is 0 Å². The minimum Gasteiger partial charge on any atom is -0.324 e. The molecule has 26 heavy (non-hydrogen) atoms. The molecule has 0 amide bonds. The monoisotopic (exact) mass is 346 g/mol. The highest BCUT2D eigenvalue weighted by molar-refractivity contribution is 5.78. The van der Waals surface area contributed by atoms with Crippen molar-refractivity contribution < 1.29 is 4.92 Å². The Morgan fingerprint density at radius 1 is 1.15 bits per heavy atom. The number of benzene rings is 1. The van der Waals surface area contributed by atoms with Gasteiger partial charge in [-0.05, 0) is 30.7 Å². The molecular weight excluding hydrogens is 332 g/mol. The summed E-state index contributed by atoms with van der Waals surface area (Å²) < 4.78 is 1.86. The Morgan fingerprint density at radius 3 is 2.81 bits per heavy atom. The van der Waals surface area contributed by atoms with Crippen molar-refractivity contribution in [3.05, 3.63) is 76.7 Å². The van der Waals surface area contributed by atoms with Gasteiger partial charge in [0.1, 0.15) is 5.82 Å². The molecule has 128 valence electrons. The summed E-state index contributed by atoms with van der Waals surface area (Å²) in [4.78, 5) is 23.8. The molecule has 0 saturated carbocycles. The molecule has 3 heterocycles. The number of nitrogens with one attached hydrogen (secondary N) is 1. The van der Waals surface area contributed by atoms with Crippen molar-refractivity contribution >= 4 is 28.4 Å². The molecule has 4 aromatic rings. The van der Waals surface area contributed by atoms with Gasteiger partial charge in [0.05, 0.1) is 10.6 Å². The second kappa shape index (κ2) is 6.25. The quantitative estimate of drug-likeness (QED) is 0.446. The molecule has 0 atom stereocenters. The van der Waals surface area contributed by atoms with Crippen LogP contribution in [0.4, 0.5) is 17.3 Å².